The maximum Gasteiger partial charge on any atom is 2.00 e. The van der Waals surface area contributed by atoms with E-state index in [1.165, 1.54) is 31.8 Å². The van der Waals surface area contributed by atoms with E-state index in [-0.39, 0.29) is 38.3 Å². The number of benzene rings is 5. The minimum Gasteiger partial charge on any atom is -0.214 e. The molecule has 0 spiro atoms. The number of rotatable bonds is 7. The fourth-order valence-electron chi connectivity index (χ4n) is 5.75. The molecule has 6 aromatic rings. The third-order valence-electron chi connectivity index (χ3n) is 8.34. The average molecular weight is 916 g/mol. The van der Waals surface area contributed by atoms with Crippen molar-refractivity contribution in [3.05, 3.63) is 222 Å². The van der Waals surface area contributed by atoms with Gasteiger partial charge in [0.1, 0.15) is 0 Å². The van der Waals surface area contributed by atoms with Crippen molar-refractivity contribution in [3.8, 4) is 0 Å². The van der Waals surface area contributed by atoms with Crippen molar-refractivity contribution in [2.75, 3.05) is 6.61 Å². The van der Waals surface area contributed by atoms with Gasteiger partial charge >= 0.3 is 51.6 Å². The van der Waals surface area contributed by atoms with Gasteiger partial charge < -0.3 is 10.1 Å². The van der Waals surface area contributed by atoms with Gasteiger partial charge in [-0.3, -0.25) is 0 Å². The standard InChI is InChI=1S/C23H23NOP.C18H15P.C5H5.2ClH.Fe.Ru/c1-17(2)21-16-25-23(24-21)20-14-9-15-22(20)26(18-10-5-3-6-11-18)19-12-7-4-8-13-19;1-4-10-16(11-5-1)19(17-12-6-2-7-13-17)18-14-8-3-9-15-18;1-2-4-5-3-1;;;;/h3-15,17,21H,16H2,1-2H3;1-15H;1-5H;2*1H;;/q-1;;-1;;;2*+2/p-2/b23-20-;;;;;;/t21-;;;;;;/m1....../s1. The van der Waals surface area contributed by atoms with Crippen LogP contribution < -0.4 is 26.5 Å². The summed E-state index contributed by atoms with van der Waals surface area (Å²) < 4.78 is 5.99. The van der Waals surface area contributed by atoms with Gasteiger partial charge in [0.05, 0.1) is 6.61 Å². The zero-order chi connectivity index (χ0) is 37.1. The smallest absolute Gasteiger partial charge is 0.214 e. The predicted molar refractivity (Wildman–Crippen MR) is 230 cm³/mol. The molecule has 0 radical (unpaired) electrons. The summed E-state index contributed by atoms with van der Waals surface area (Å²) in [6.45, 7) is 5.09. The van der Waals surface area contributed by atoms with Crippen LogP contribution in [0, 0.1) is 5.92 Å². The van der Waals surface area contributed by atoms with E-state index in [2.05, 4.69) is 184 Å². The quantitative estimate of drug-likeness (QED) is 0.0889. The molecule has 278 valence electrons. The molecular formula is C46H43Cl2FeNOP2Ru. The molecule has 1 fully saturated rings. The van der Waals surface area contributed by atoms with Gasteiger partial charge in [0.15, 0.2) is 0 Å². The maximum atomic E-state index is 5.99. The van der Waals surface area contributed by atoms with E-state index < -0.39 is 15.8 Å². The molecule has 54 heavy (non-hydrogen) atoms. The van der Waals surface area contributed by atoms with E-state index in [0.29, 0.717) is 12.5 Å². The normalized spacial score (nSPS) is 15.4. The molecule has 1 aliphatic heterocycles. The summed E-state index contributed by atoms with van der Waals surface area (Å²) in [5.74, 6) is 1.30. The SMILES string of the molecule is CC(C)[C@H]1CO/C(=C2/C=CC=C2P(c2ccccc2)c2ccccc2)[N-]1.[Cl][Ru][Cl].[Fe+2].c1cc[cH-]c1.c1ccc(P(c2ccccc2)c2ccccc2)cc1. The second kappa shape index (κ2) is 24.4. The van der Waals surface area contributed by atoms with Gasteiger partial charge in [-0.2, -0.15) is 18.2 Å². The molecule has 8 rings (SSSR count). The van der Waals surface area contributed by atoms with Gasteiger partial charge in [0, 0.05) is 11.5 Å². The molecule has 2 nitrogen and oxygen atoms in total. The van der Waals surface area contributed by atoms with Gasteiger partial charge in [0.2, 0.25) is 0 Å². The number of hydrogen-bond donors (Lipinski definition) is 0. The first kappa shape index (κ1) is 43.6. The average Bonchev–Trinajstić information content (AvgIpc) is 4.03. The monoisotopic (exact) mass is 915 g/mol. The van der Waals surface area contributed by atoms with Crippen LogP contribution in [0.25, 0.3) is 5.32 Å². The fourth-order valence-corrected chi connectivity index (χ4v) is 10.5. The van der Waals surface area contributed by atoms with E-state index >= 15 is 0 Å². The summed E-state index contributed by atoms with van der Waals surface area (Å²) in [6.07, 6.45) is 6.51. The molecule has 0 saturated carbocycles. The summed E-state index contributed by atoms with van der Waals surface area (Å²) in [7, 11) is 8.63. The van der Waals surface area contributed by atoms with Crippen LogP contribution in [-0.2, 0) is 37.0 Å². The summed E-state index contributed by atoms with van der Waals surface area (Å²) >= 11 is -0.346. The molecule has 0 N–H and O–H groups in total. The molecule has 0 amide bonds. The largest absolute Gasteiger partial charge is 2.00 e. The Hall–Kier alpha value is -3.15. The molecule has 1 aliphatic carbocycles. The zero-order valence-electron chi connectivity index (χ0n) is 30.1. The molecule has 1 heterocycles. The first-order valence-electron chi connectivity index (χ1n) is 17.4. The summed E-state index contributed by atoms with van der Waals surface area (Å²) in [6, 6.07) is 64.1. The fraction of sp³-hybridized carbons (Fsp3) is 0.109. The van der Waals surface area contributed by atoms with Crippen LogP contribution in [0.2, 0.25) is 0 Å². The first-order chi connectivity index (χ1) is 26.1. The maximum absolute atomic E-state index is 5.99. The number of halogens is 2. The van der Waals surface area contributed by atoms with Gasteiger partial charge in [-0.1, -0.05) is 196 Å². The second-order valence-corrected chi connectivity index (χ2v) is 19.3. The van der Waals surface area contributed by atoms with Crippen LogP contribution in [-0.4, -0.2) is 12.6 Å². The Bertz CT molecular complexity index is 1830. The number of allylic oxidation sites excluding steroid dienone is 5. The Morgan fingerprint density at radius 3 is 1.30 bits per heavy atom. The molecule has 8 heteroatoms. The van der Waals surface area contributed by atoms with E-state index in [4.69, 9.17) is 29.4 Å². The molecule has 0 aromatic heterocycles. The van der Waals surface area contributed by atoms with Crippen molar-refractivity contribution in [3.63, 3.8) is 0 Å². The topological polar surface area (TPSA) is 23.3 Å². The Morgan fingerprint density at radius 2 is 0.981 bits per heavy atom. The van der Waals surface area contributed by atoms with Crippen LogP contribution in [0.15, 0.2) is 217 Å². The van der Waals surface area contributed by atoms with Gasteiger partial charge in [-0.15, -0.1) is 0 Å². The minimum absolute atomic E-state index is 0. The third kappa shape index (κ3) is 13.0. The number of hydrogen-bond acceptors (Lipinski definition) is 1. The van der Waals surface area contributed by atoms with Crippen molar-refractivity contribution in [1.29, 1.82) is 0 Å². The minimum atomic E-state index is -0.636. The second-order valence-electron chi connectivity index (χ2n) is 12.2. The van der Waals surface area contributed by atoms with Crippen molar-refractivity contribution >= 4 is 61.7 Å². The molecule has 1 atom stereocenters. The van der Waals surface area contributed by atoms with Gasteiger partial charge in [-0.05, 0) is 47.7 Å². The van der Waals surface area contributed by atoms with Crippen LogP contribution in [0.5, 0.6) is 0 Å². The van der Waals surface area contributed by atoms with Gasteiger partial charge in [0.25, 0.3) is 0 Å². The first-order valence-corrected chi connectivity index (χ1v) is 24.6. The Morgan fingerprint density at radius 1 is 0.611 bits per heavy atom. The molecular weight excluding hydrogens is 872 g/mol. The van der Waals surface area contributed by atoms with Crippen LogP contribution in [0.1, 0.15) is 13.8 Å². The van der Waals surface area contributed by atoms with Crippen molar-refractivity contribution in [2.45, 2.75) is 19.9 Å². The molecule has 0 unspecified atom stereocenters. The van der Waals surface area contributed by atoms with Crippen molar-refractivity contribution < 1.29 is 37.0 Å². The van der Waals surface area contributed by atoms with Gasteiger partial charge in [-0.25, -0.2) is 12.1 Å². The summed E-state index contributed by atoms with van der Waals surface area (Å²) in [5.41, 5.74) is 1.15. The molecule has 0 bridgehead atoms. The number of nitrogens with zero attached hydrogens (tertiary/aromatic N) is 1. The molecule has 6 aromatic carbocycles. The van der Waals surface area contributed by atoms with E-state index in [1.54, 1.807) is 0 Å². The Kier molecular flexibility index (Phi) is 19.7. The molecule has 1 saturated heterocycles. The summed E-state index contributed by atoms with van der Waals surface area (Å²) in [5, 5.41) is 13.1. The zero-order valence-corrected chi connectivity index (χ0v) is 36.3. The van der Waals surface area contributed by atoms with Crippen LogP contribution in [0.4, 0.5) is 0 Å². The van der Waals surface area contributed by atoms with Crippen molar-refractivity contribution in [2.24, 2.45) is 5.92 Å². The van der Waals surface area contributed by atoms with E-state index in [1.807, 2.05) is 30.3 Å². The Balaban J connectivity index is 0.000000203. The summed E-state index contributed by atoms with van der Waals surface area (Å²) in [4.78, 5) is 0. The van der Waals surface area contributed by atoms with E-state index in [9.17, 15) is 0 Å². The predicted octanol–water partition coefficient (Wildman–Crippen LogP) is 11.4. The van der Waals surface area contributed by atoms with Crippen LogP contribution >= 0.6 is 35.2 Å². The Labute approximate surface area is 350 Å². The molecule has 2 aliphatic rings. The third-order valence-corrected chi connectivity index (χ3v) is 13.3. The van der Waals surface area contributed by atoms with E-state index in [0.717, 1.165) is 11.5 Å². The van der Waals surface area contributed by atoms with Crippen LogP contribution in [0.3, 0.4) is 0 Å². The number of ether oxygens (including phenoxy) is 1. The van der Waals surface area contributed by atoms with Crippen molar-refractivity contribution in [1.82, 2.24) is 0 Å².